The molecule has 1 amide bonds. The molecular weight excluding hydrogens is 458 g/mol. The number of nitrogen functional groups attached to an aromatic ring is 1. The first-order chi connectivity index (χ1) is 17.2. The molecule has 1 aromatic heterocycles. The minimum Gasteiger partial charge on any atom is -0.480 e. The van der Waals surface area contributed by atoms with Crippen molar-refractivity contribution in [3.63, 3.8) is 0 Å². The van der Waals surface area contributed by atoms with Crippen LogP contribution in [0.2, 0.25) is 0 Å². The SMILES string of the molecule is Cc1c(C(C)(CNCC(=O)O)C(=O)N2CCCC2)ccc2[nH]c(CNc3ccc(C(=N)N)cc3)nc12. The first-order valence-corrected chi connectivity index (χ1v) is 12.1. The fraction of sp³-hybridized carbons (Fsp3) is 0.385. The van der Waals surface area contributed by atoms with E-state index in [0.29, 0.717) is 12.1 Å². The molecule has 0 radical (unpaired) electrons. The van der Waals surface area contributed by atoms with E-state index in [1.807, 2.05) is 43.0 Å². The second-order valence-corrected chi connectivity index (χ2v) is 9.49. The number of benzene rings is 2. The third kappa shape index (κ3) is 5.18. The van der Waals surface area contributed by atoms with Crippen molar-refractivity contribution in [1.82, 2.24) is 20.2 Å². The maximum Gasteiger partial charge on any atom is 0.317 e. The number of carbonyl (C=O) groups is 2. The zero-order chi connectivity index (χ0) is 25.9. The van der Waals surface area contributed by atoms with Crippen LogP contribution in [0.15, 0.2) is 36.4 Å². The molecule has 1 saturated heterocycles. The largest absolute Gasteiger partial charge is 0.480 e. The van der Waals surface area contributed by atoms with Crippen LogP contribution in [-0.2, 0) is 21.5 Å². The first-order valence-electron chi connectivity index (χ1n) is 12.1. The summed E-state index contributed by atoms with van der Waals surface area (Å²) in [6.07, 6.45) is 1.96. The molecule has 2 heterocycles. The van der Waals surface area contributed by atoms with Gasteiger partial charge in [0.05, 0.1) is 29.5 Å². The molecule has 1 atom stereocenters. The predicted octanol–water partition coefficient (Wildman–Crippen LogP) is 2.32. The number of amides is 1. The van der Waals surface area contributed by atoms with Crippen LogP contribution in [0.3, 0.4) is 0 Å². The van der Waals surface area contributed by atoms with E-state index in [-0.39, 0.29) is 24.8 Å². The third-order valence-corrected chi connectivity index (χ3v) is 6.83. The second kappa shape index (κ2) is 10.4. The molecule has 1 fully saturated rings. The molecule has 0 spiro atoms. The van der Waals surface area contributed by atoms with E-state index in [0.717, 1.165) is 59.6 Å². The van der Waals surface area contributed by atoms with Gasteiger partial charge in [-0.05, 0) is 68.1 Å². The summed E-state index contributed by atoms with van der Waals surface area (Å²) in [6, 6.07) is 11.2. The van der Waals surface area contributed by atoms with Crippen LogP contribution in [-0.4, -0.2) is 63.9 Å². The number of nitrogens with zero attached hydrogens (tertiary/aromatic N) is 2. The Hall–Kier alpha value is -3.92. The number of carboxylic acids is 1. The lowest BCUT2D eigenvalue weighted by Gasteiger charge is -2.34. The summed E-state index contributed by atoms with van der Waals surface area (Å²) >= 11 is 0. The van der Waals surface area contributed by atoms with Crippen LogP contribution in [0.25, 0.3) is 11.0 Å². The highest BCUT2D eigenvalue weighted by atomic mass is 16.4. The molecule has 36 heavy (non-hydrogen) atoms. The van der Waals surface area contributed by atoms with Crippen LogP contribution < -0.4 is 16.4 Å². The van der Waals surface area contributed by atoms with Crippen molar-refractivity contribution in [3.05, 3.63) is 58.9 Å². The maximum absolute atomic E-state index is 13.6. The molecule has 3 aromatic rings. The molecule has 1 unspecified atom stereocenters. The van der Waals surface area contributed by atoms with Gasteiger partial charge >= 0.3 is 5.97 Å². The molecule has 4 rings (SSSR count). The number of aromatic nitrogens is 2. The van der Waals surface area contributed by atoms with Gasteiger partial charge in [0.2, 0.25) is 5.91 Å². The van der Waals surface area contributed by atoms with Gasteiger partial charge < -0.3 is 31.4 Å². The smallest absolute Gasteiger partial charge is 0.317 e. The fourth-order valence-corrected chi connectivity index (χ4v) is 4.87. The monoisotopic (exact) mass is 491 g/mol. The highest BCUT2D eigenvalue weighted by Gasteiger charge is 2.40. The Bertz CT molecular complexity index is 1280. The summed E-state index contributed by atoms with van der Waals surface area (Å²) in [6.45, 7) is 5.76. The number of nitrogens with two attached hydrogens (primary N) is 1. The van der Waals surface area contributed by atoms with Gasteiger partial charge in [0.25, 0.3) is 0 Å². The minimum atomic E-state index is -0.960. The first kappa shape index (κ1) is 25.2. The van der Waals surface area contributed by atoms with Crippen LogP contribution in [0.5, 0.6) is 0 Å². The topological polar surface area (TPSA) is 160 Å². The van der Waals surface area contributed by atoms with Gasteiger partial charge in [0, 0.05) is 30.9 Å². The lowest BCUT2D eigenvalue weighted by Crippen LogP contribution is -2.50. The van der Waals surface area contributed by atoms with Gasteiger partial charge in [0.1, 0.15) is 11.7 Å². The number of hydrogen-bond donors (Lipinski definition) is 6. The second-order valence-electron chi connectivity index (χ2n) is 9.49. The van der Waals surface area contributed by atoms with Crippen molar-refractivity contribution in [2.24, 2.45) is 5.73 Å². The standard InChI is InChI=1S/C26H33N7O3/c1-16-19(26(2,15-29-14-22(34)35)25(36)33-11-3-4-12-33)9-10-20-23(16)32-21(31-20)13-30-18-7-5-17(6-8-18)24(27)28/h5-10,29-30H,3-4,11-15H2,1-2H3,(H3,27,28)(H,31,32)(H,34,35). The maximum atomic E-state index is 13.6. The van der Waals surface area contributed by atoms with Gasteiger partial charge in [-0.15, -0.1) is 0 Å². The number of nitrogens with one attached hydrogen (secondary N) is 4. The predicted molar refractivity (Wildman–Crippen MR) is 139 cm³/mol. The number of aliphatic carboxylic acids is 1. The molecule has 10 heteroatoms. The van der Waals surface area contributed by atoms with Gasteiger partial charge in [0.15, 0.2) is 0 Å². The minimum absolute atomic E-state index is 0.00627. The number of anilines is 1. The van der Waals surface area contributed by atoms with E-state index in [1.54, 1.807) is 12.1 Å². The normalized spacial score (nSPS) is 15.1. The average molecular weight is 492 g/mol. The molecule has 0 saturated carbocycles. The molecule has 7 N–H and O–H groups in total. The zero-order valence-corrected chi connectivity index (χ0v) is 20.6. The summed E-state index contributed by atoms with van der Waals surface area (Å²) in [7, 11) is 0. The lowest BCUT2D eigenvalue weighted by atomic mass is 9.78. The third-order valence-electron chi connectivity index (χ3n) is 6.83. The molecule has 2 aromatic carbocycles. The summed E-state index contributed by atoms with van der Waals surface area (Å²) in [5.41, 5.74) is 9.53. The molecule has 10 nitrogen and oxygen atoms in total. The number of carbonyl (C=O) groups excluding carboxylic acids is 1. The number of hydrogen-bond acceptors (Lipinski definition) is 6. The number of aryl methyl sites for hydroxylation is 1. The number of likely N-dealkylation sites (tertiary alicyclic amines) is 1. The number of fused-ring (bicyclic) bond motifs is 1. The Morgan fingerprint density at radius 3 is 2.53 bits per heavy atom. The molecule has 1 aliphatic heterocycles. The van der Waals surface area contributed by atoms with E-state index in [1.165, 1.54) is 0 Å². The molecular formula is C26H33N7O3. The van der Waals surface area contributed by atoms with Crippen molar-refractivity contribution in [2.45, 2.75) is 38.6 Å². The van der Waals surface area contributed by atoms with E-state index in [2.05, 4.69) is 15.6 Å². The Kier molecular flexibility index (Phi) is 7.25. The highest BCUT2D eigenvalue weighted by Crippen LogP contribution is 2.33. The highest BCUT2D eigenvalue weighted by molar-refractivity contribution is 5.95. The summed E-state index contributed by atoms with van der Waals surface area (Å²) < 4.78 is 0. The van der Waals surface area contributed by atoms with Crippen molar-refractivity contribution < 1.29 is 14.7 Å². The number of H-pyrrole nitrogens is 1. The van der Waals surface area contributed by atoms with Crippen LogP contribution in [0.1, 0.15) is 42.3 Å². The van der Waals surface area contributed by atoms with Crippen LogP contribution in [0.4, 0.5) is 5.69 Å². The van der Waals surface area contributed by atoms with Crippen LogP contribution in [0, 0.1) is 12.3 Å². The summed E-state index contributed by atoms with van der Waals surface area (Å²) in [5.74, 6) is -0.179. The molecule has 190 valence electrons. The van der Waals surface area contributed by atoms with Gasteiger partial charge in [-0.2, -0.15) is 0 Å². The Morgan fingerprint density at radius 2 is 1.89 bits per heavy atom. The van der Waals surface area contributed by atoms with Crippen molar-refractivity contribution in [1.29, 1.82) is 5.41 Å². The molecule has 0 bridgehead atoms. The van der Waals surface area contributed by atoms with Gasteiger partial charge in [-0.3, -0.25) is 15.0 Å². The molecule has 0 aliphatic carbocycles. The van der Waals surface area contributed by atoms with E-state index in [9.17, 15) is 9.59 Å². The number of amidine groups is 1. The number of rotatable bonds is 10. The quantitative estimate of drug-likeness (QED) is 0.187. The Labute approximate surface area is 209 Å². The van der Waals surface area contributed by atoms with Gasteiger partial charge in [-0.25, -0.2) is 4.98 Å². The number of aromatic amines is 1. The van der Waals surface area contributed by atoms with Crippen molar-refractivity contribution in [3.8, 4) is 0 Å². The zero-order valence-electron chi connectivity index (χ0n) is 20.6. The van der Waals surface area contributed by atoms with E-state index in [4.69, 9.17) is 21.2 Å². The number of imidazole rings is 1. The summed E-state index contributed by atoms with van der Waals surface area (Å²) in [5, 5.41) is 22.9. The molecule has 1 aliphatic rings. The van der Waals surface area contributed by atoms with Crippen LogP contribution >= 0.6 is 0 Å². The van der Waals surface area contributed by atoms with Crippen molar-refractivity contribution in [2.75, 3.05) is 31.5 Å². The average Bonchev–Trinajstić information content (AvgIpc) is 3.53. The lowest BCUT2D eigenvalue weighted by molar-refractivity contribution is -0.138. The fourth-order valence-electron chi connectivity index (χ4n) is 4.87. The van der Waals surface area contributed by atoms with Gasteiger partial charge in [-0.1, -0.05) is 6.07 Å². The summed E-state index contributed by atoms with van der Waals surface area (Å²) in [4.78, 5) is 34.8. The Morgan fingerprint density at radius 1 is 1.19 bits per heavy atom. The Balaban J connectivity index is 1.59. The van der Waals surface area contributed by atoms with Crippen molar-refractivity contribution >= 4 is 34.4 Å². The van der Waals surface area contributed by atoms with E-state index < -0.39 is 11.4 Å². The van der Waals surface area contributed by atoms with E-state index >= 15 is 0 Å². The number of carboxylic acid groups (broad SMARTS) is 1.